The summed E-state index contributed by atoms with van der Waals surface area (Å²) in [7, 11) is 0. The Bertz CT molecular complexity index is 1310. The van der Waals surface area contributed by atoms with Crippen molar-refractivity contribution in [3.63, 3.8) is 0 Å². The third kappa shape index (κ3) is 6.20. The summed E-state index contributed by atoms with van der Waals surface area (Å²) in [6.07, 6.45) is -4.08. The van der Waals surface area contributed by atoms with Crippen molar-refractivity contribution in [2.75, 3.05) is 42.6 Å². The molecule has 2 fully saturated rings. The molecule has 2 aromatic carbocycles. The number of amides is 1. The standard InChI is InChI=1S/C28H32F3N5O2S.ClH/c1-5-19-14-22(8-9-24(19)38-13-12-34-11-10-33-18(2)17-34)36-26(39)35(25(37)27(36,3)4)21-7-6-20(16-32)23(15-21)28(29,30)31;/h6-9,14-15,18,33H,5,10-13,17H2,1-4H3;1H/t18-;/m1./s1. The van der Waals surface area contributed by atoms with Gasteiger partial charge in [-0.3, -0.25) is 14.6 Å². The van der Waals surface area contributed by atoms with Crippen LogP contribution in [0.3, 0.4) is 0 Å². The second-order valence-corrected chi connectivity index (χ2v) is 10.7. The Labute approximate surface area is 244 Å². The summed E-state index contributed by atoms with van der Waals surface area (Å²) in [5, 5.41) is 12.6. The van der Waals surface area contributed by atoms with Gasteiger partial charge in [-0.1, -0.05) is 6.92 Å². The van der Waals surface area contributed by atoms with Crippen molar-refractivity contribution in [1.82, 2.24) is 10.2 Å². The zero-order valence-electron chi connectivity index (χ0n) is 22.8. The van der Waals surface area contributed by atoms with E-state index in [4.69, 9.17) is 22.2 Å². The number of aryl methyl sites for hydroxylation is 1. The predicted molar refractivity (Wildman–Crippen MR) is 155 cm³/mol. The average Bonchev–Trinajstić information content (AvgIpc) is 3.06. The van der Waals surface area contributed by atoms with Crippen LogP contribution in [-0.4, -0.2) is 60.3 Å². The van der Waals surface area contributed by atoms with Crippen LogP contribution in [0.5, 0.6) is 5.75 Å². The van der Waals surface area contributed by atoms with Crippen LogP contribution in [0.1, 0.15) is 44.4 Å². The van der Waals surface area contributed by atoms with Crippen molar-refractivity contribution in [2.45, 2.75) is 51.9 Å². The average molecular weight is 596 g/mol. The molecule has 2 aliphatic rings. The number of ether oxygens (including phenoxy) is 1. The quantitative estimate of drug-likeness (QED) is 0.444. The molecule has 216 valence electrons. The first-order valence-corrected chi connectivity index (χ1v) is 13.3. The number of rotatable bonds is 7. The number of nitrogens with one attached hydrogen (secondary N) is 1. The number of benzene rings is 2. The van der Waals surface area contributed by atoms with Gasteiger partial charge in [-0.05, 0) is 81.4 Å². The van der Waals surface area contributed by atoms with E-state index in [9.17, 15) is 18.0 Å². The first-order chi connectivity index (χ1) is 18.4. The Kier molecular flexibility index (Phi) is 9.73. The number of hydrogen-bond acceptors (Lipinski definition) is 6. The molecule has 1 amide bonds. The molecule has 2 aromatic rings. The molecule has 0 radical (unpaired) electrons. The van der Waals surface area contributed by atoms with Crippen molar-refractivity contribution >= 4 is 47.0 Å². The van der Waals surface area contributed by atoms with E-state index in [1.54, 1.807) is 24.8 Å². The van der Waals surface area contributed by atoms with Crippen molar-refractivity contribution in [3.8, 4) is 11.8 Å². The highest BCUT2D eigenvalue weighted by Gasteiger charge is 2.50. The van der Waals surface area contributed by atoms with E-state index in [1.165, 1.54) is 6.07 Å². The number of hydrogen-bond donors (Lipinski definition) is 1. The number of carbonyl (C=O) groups is 1. The second-order valence-electron chi connectivity index (χ2n) is 10.3. The molecule has 0 spiro atoms. The zero-order valence-corrected chi connectivity index (χ0v) is 24.5. The molecule has 2 heterocycles. The minimum absolute atomic E-state index is 0. The van der Waals surface area contributed by atoms with Crippen molar-refractivity contribution in [2.24, 2.45) is 0 Å². The summed E-state index contributed by atoms with van der Waals surface area (Å²) in [5.41, 5.74) is -1.25. The Hall–Kier alpha value is -2.91. The molecule has 2 aliphatic heterocycles. The predicted octanol–water partition coefficient (Wildman–Crippen LogP) is 5.15. The normalized spacial score (nSPS) is 19.4. The third-order valence-electron chi connectivity index (χ3n) is 7.16. The van der Waals surface area contributed by atoms with Crippen molar-refractivity contribution < 1.29 is 22.7 Å². The van der Waals surface area contributed by atoms with Gasteiger partial charge in [0, 0.05) is 37.9 Å². The van der Waals surface area contributed by atoms with Gasteiger partial charge in [-0.2, -0.15) is 18.4 Å². The Morgan fingerprint density at radius 3 is 2.52 bits per heavy atom. The first kappa shape index (κ1) is 31.6. The molecular weight excluding hydrogens is 563 g/mol. The van der Waals surface area contributed by atoms with Gasteiger partial charge in [-0.25, -0.2) is 0 Å². The van der Waals surface area contributed by atoms with Gasteiger partial charge >= 0.3 is 6.18 Å². The maximum absolute atomic E-state index is 13.6. The lowest BCUT2D eigenvalue weighted by Crippen LogP contribution is -2.50. The highest BCUT2D eigenvalue weighted by molar-refractivity contribution is 7.81. The summed E-state index contributed by atoms with van der Waals surface area (Å²) < 4.78 is 46.9. The fourth-order valence-corrected chi connectivity index (χ4v) is 5.60. The lowest BCUT2D eigenvalue weighted by atomic mass is 10.0. The van der Waals surface area contributed by atoms with Crippen LogP contribution in [0.25, 0.3) is 0 Å². The molecule has 12 heteroatoms. The SMILES string of the molecule is CCc1cc(N2C(=S)N(c3ccc(C#N)c(C(F)(F)F)c3)C(=O)C2(C)C)ccc1OCCN1CCN[C@H](C)C1.Cl. The molecule has 0 unspecified atom stereocenters. The minimum Gasteiger partial charge on any atom is -0.492 e. The highest BCUT2D eigenvalue weighted by Crippen LogP contribution is 2.40. The number of nitriles is 1. The summed E-state index contributed by atoms with van der Waals surface area (Å²) in [5.74, 6) is 0.284. The topological polar surface area (TPSA) is 71.8 Å². The number of carbonyl (C=O) groups excluding carboxylic acids is 1. The van der Waals surface area contributed by atoms with Crippen molar-refractivity contribution in [1.29, 1.82) is 5.26 Å². The minimum atomic E-state index is -4.75. The number of anilines is 2. The van der Waals surface area contributed by atoms with E-state index in [1.807, 2.05) is 25.1 Å². The molecule has 1 N–H and O–H groups in total. The molecule has 0 bridgehead atoms. The largest absolute Gasteiger partial charge is 0.492 e. The lowest BCUT2D eigenvalue weighted by Gasteiger charge is -2.32. The van der Waals surface area contributed by atoms with E-state index in [-0.39, 0.29) is 23.2 Å². The maximum Gasteiger partial charge on any atom is 0.417 e. The van der Waals surface area contributed by atoms with E-state index < -0.39 is 28.7 Å². The number of nitrogens with zero attached hydrogens (tertiary/aromatic N) is 4. The number of piperazine rings is 1. The number of halogens is 4. The second kappa shape index (κ2) is 12.3. The van der Waals surface area contributed by atoms with Gasteiger partial charge in [-0.15, -0.1) is 12.4 Å². The van der Waals surface area contributed by atoms with Gasteiger partial charge < -0.3 is 15.0 Å². The van der Waals surface area contributed by atoms with Crippen LogP contribution in [0.2, 0.25) is 0 Å². The molecule has 2 saturated heterocycles. The number of thiocarbonyl (C=S) groups is 1. The Balaban J connectivity index is 0.00000441. The first-order valence-electron chi connectivity index (χ1n) is 12.9. The van der Waals surface area contributed by atoms with Crippen molar-refractivity contribution in [3.05, 3.63) is 53.1 Å². The maximum atomic E-state index is 13.6. The zero-order chi connectivity index (χ0) is 28.5. The summed E-state index contributed by atoms with van der Waals surface area (Å²) >= 11 is 5.66. The Morgan fingerprint density at radius 1 is 1.20 bits per heavy atom. The van der Waals surface area contributed by atoms with Crippen LogP contribution in [0.15, 0.2) is 36.4 Å². The highest BCUT2D eigenvalue weighted by atomic mass is 35.5. The van der Waals surface area contributed by atoms with E-state index >= 15 is 0 Å². The van der Waals surface area contributed by atoms with E-state index in [2.05, 4.69) is 17.1 Å². The van der Waals surface area contributed by atoms with Crippen LogP contribution in [0.4, 0.5) is 24.5 Å². The smallest absolute Gasteiger partial charge is 0.417 e. The van der Waals surface area contributed by atoms with Gasteiger partial charge in [0.1, 0.15) is 17.9 Å². The van der Waals surface area contributed by atoms with E-state index in [0.29, 0.717) is 24.8 Å². The molecule has 7 nitrogen and oxygen atoms in total. The third-order valence-corrected chi connectivity index (χ3v) is 7.52. The molecule has 40 heavy (non-hydrogen) atoms. The van der Waals surface area contributed by atoms with Crippen LogP contribution < -0.4 is 19.9 Å². The van der Waals surface area contributed by atoms with Gasteiger partial charge in [0.15, 0.2) is 5.11 Å². The lowest BCUT2D eigenvalue weighted by molar-refractivity contribution is -0.137. The molecule has 1 atom stereocenters. The van der Waals surface area contributed by atoms with Gasteiger partial charge in [0.05, 0.1) is 22.9 Å². The Morgan fingerprint density at radius 2 is 1.90 bits per heavy atom. The monoisotopic (exact) mass is 595 g/mol. The molecule has 0 aliphatic carbocycles. The fraction of sp³-hybridized carbons (Fsp3) is 0.464. The molecule has 0 aromatic heterocycles. The molecular formula is C28H33ClF3N5O2S. The molecule has 0 saturated carbocycles. The fourth-order valence-electron chi connectivity index (χ4n) is 5.08. The molecule has 4 rings (SSSR count). The van der Waals surface area contributed by atoms with Crippen LogP contribution in [0, 0.1) is 11.3 Å². The summed E-state index contributed by atoms with van der Waals surface area (Å²) in [6.45, 7) is 11.8. The van der Waals surface area contributed by atoms with Gasteiger partial charge in [0.25, 0.3) is 5.91 Å². The van der Waals surface area contributed by atoms with Gasteiger partial charge in [0.2, 0.25) is 0 Å². The van der Waals surface area contributed by atoms with Crippen LogP contribution >= 0.6 is 24.6 Å². The number of alkyl halides is 3. The summed E-state index contributed by atoms with van der Waals surface area (Å²) in [6, 6.07) is 10.8. The summed E-state index contributed by atoms with van der Waals surface area (Å²) in [4.78, 5) is 18.6. The van der Waals surface area contributed by atoms with Crippen LogP contribution in [-0.2, 0) is 17.4 Å². The van der Waals surface area contributed by atoms with E-state index in [0.717, 1.165) is 54.5 Å².